The molecule has 0 amide bonds. The molecule has 0 aliphatic rings. The number of para-hydroxylation sites is 1. The number of benzene rings is 1. The quantitative estimate of drug-likeness (QED) is 0.513. The summed E-state index contributed by atoms with van der Waals surface area (Å²) in [6.07, 6.45) is 1.56. The van der Waals surface area contributed by atoms with E-state index >= 15 is 0 Å². The largest absolute Gasteiger partial charge is 0.462 e. The summed E-state index contributed by atoms with van der Waals surface area (Å²) in [6.45, 7) is 4.87. The lowest BCUT2D eigenvalue weighted by atomic mass is 10.1. The van der Waals surface area contributed by atoms with Gasteiger partial charge in [-0.1, -0.05) is 18.2 Å². The Hall–Kier alpha value is -3.35. The number of Topliss-reactive ketones (excluding diaryl/α,β-unsaturated/α-hetero) is 1. The minimum Gasteiger partial charge on any atom is -0.462 e. The first kappa shape index (κ1) is 18.4. The molecule has 3 aromatic rings. The number of ketones is 1. The zero-order valence-corrected chi connectivity index (χ0v) is 15.3. The molecule has 0 aliphatic carbocycles. The third-order valence-corrected chi connectivity index (χ3v) is 4.34. The SMILES string of the molecule is CCOC(=O)c1c(C)[nH]c(C(=O)COC(=O)c2c[nH]c3ccccc23)c1C. The molecule has 0 unspecified atom stereocenters. The highest BCUT2D eigenvalue weighted by molar-refractivity contribution is 6.06. The van der Waals surface area contributed by atoms with Gasteiger partial charge in [0.15, 0.2) is 6.61 Å². The number of rotatable bonds is 6. The van der Waals surface area contributed by atoms with Crippen molar-refractivity contribution in [3.05, 3.63) is 58.5 Å². The molecular weight excluding hydrogens is 348 g/mol. The van der Waals surface area contributed by atoms with Gasteiger partial charge in [0, 0.05) is 22.8 Å². The molecule has 0 bridgehead atoms. The molecule has 0 spiro atoms. The number of ether oxygens (including phenoxy) is 2. The molecule has 3 rings (SSSR count). The lowest BCUT2D eigenvalue weighted by molar-refractivity contribution is 0.0474. The van der Waals surface area contributed by atoms with Crippen LogP contribution in [0, 0.1) is 13.8 Å². The Morgan fingerprint density at radius 2 is 1.78 bits per heavy atom. The highest BCUT2D eigenvalue weighted by Gasteiger charge is 2.24. The van der Waals surface area contributed by atoms with E-state index in [0.29, 0.717) is 22.4 Å². The van der Waals surface area contributed by atoms with Crippen LogP contribution in [0.2, 0.25) is 0 Å². The molecule has 2 aromatic heterocycles. The lowest BCUT2D eigenvalue weighted by Gasteiger charge is -2.04. The Morgan fingerprint density at radius 3 is 2.52 bits per heavy atom. The van der Waals surface area contributed by atoms with E-state index in [1.807, 2.05) is 18.2 Å². The third-order valence-electron chi connectivity index (χ3n) is 4.34. The normalized spacial score (nSPS) is 10.8. The number of fused-ring (bicyclic) bond motifs is 1. The molecule has 1 aromatic carbocycles. The molecule has 2 N–H and O–H groups in total. The average Bonchev–Trinajstić information content (AvgIpc) is 3.20. The van der Waals surface area contributed by atoms with E-state index in [-0.39, 0.29) is 12.3 Å². The van der Waals surface area contributed by atoms with Crippen LogP contribution in [0.25, 0.3) is 10.9 Å². The van der Waals surface area contributed by atoms with Crippen molar-refractivity contribution in [1.82, 2.24) is 9.97 Å². The van der Waals surface area contributed by atoms with Crippen molar-refractivity contribution in [2.45, 2.75) is 20.8 Å². The number of carbonyl (C=O) groups excluding carboxylic acids is 3. The molecule has 0 fully saturated rings. The van der Waals surface area contributed by atoms with Gasteiger partial charge in [0.05, 0.1) is 23.4 Å². The Bertz CT molecular complexity index is 1030. The molecule has 0 aliphatic heterocycles. The minimum atomic E-state index is -0.590. The number of aryl methyl sites for hydroxylation is 1. The van der Waals surface area contributed by atoms with E-state index in [4.69, 9.17) is 9.47 Å². The van der Waals surface area contributed by atoms with E-state index in [0.717, 1.165) is 10.9 Å². The number of hydrogen-bond acceptors (Lipinski definition) is 5. The number of esters is 2. The highest BCUT2D eigenvalue weighted by Crippen LogP contribution is 2.21. The number of carbonyl (C=O) groups is 3. The predicted octanol–water partition coefficient (Wildman–Crippen LogP) is 3.33. The minimum absolute atomic E-state index is 0.238. The molecule has 0 saturated carbocycles. The van der Waals surface area contributed by atoms with Gasteiger partial charge in [-0.15, -0.1) is 0 Å². The van der Waals surface area contributed by atoms with Gasteiger partial charge >= 0.3 is 11.9 Å². The number of aromatic amines is 2. The van der Waals surface area contributed by atoms with Crippen LogP contribution in [0.5, 0.6) is 0 Å². The fourth-order valence-electron chi connectivity index (χ4n) is 3.06. The first-order valence-electron chi connectivity index (χ1n) is 8.56. The first-order valence-corrected chi connectivity index (χ1v) is 8.56. The first-order chi connectivity index (χ1) is 12.9. The number of aromatic nitrogens is 2. The fourth-order valence-corrected chi connectivity index (χ4v) is 3.06. The fraction of sp³-hybridized carbons (Fsp3) is 0.250. The summed E-state index contributed by atoms with van der Waals surface area (Å²) in [6, 6.07) is 7.32. The van der Waals surface area contributed by atoms with Crippen molar-refractivity contribution in [2.75, 3.05) is 13.2 Å². The summed E-state index contributed by atoms with van der Waals surface area (Å²) in [5, 5.41) is 0.728. The standard InChI is InChI=1S/C20H20N2O5/c1-4-26-20(25)17-11(2)18(22-12(17)3)16(23)10-27-19(24)14-9-21-15-8-6-5-7-13(14)15/h5-9,21-22H,4,10H2,1-3H3. The molecule has 7 nitrogen and oxygen atoms in total. The molecule has 27 heavy (non-hydrogen) atoms. The van der Waals surface area contributed by atoms with Gasteiger partial charge < -0.3 is 19.4 Å². The summed E-state index contributed by atoms with van der Waals surface area (Å²) in [7, 11) is 0. The van der Waals surface area contributed by atoms with Crippen LogP contribution in [0.15, 0.2) is 30.5 Å². The topological polar surface area (TPSA) is 101 Å². The number of H-pyrrole nitrogens is 2. The Balaban J connectivity index is 1.74. The summed E-state index contributed by atoms with van der Waals surface area (Å²) in [5.74, 6) is -1.50. The van der Waals surface area contributed by atoms with E-state index in [2.05, 4.69) is 9.97 Å². The summed E-state index contributed by atoms with van der Waals surface area (Å²) < 4.78 is 10.2. The molecule has 2 heterocycles. The van der Waals surface area contributed by atoms with E-state index in [9.17, 15) is 14.4 Å². The maximum Gasteiger partial charge on any atom is 0.340 e. The zero-order valence-electron chi connectivity index (χ0n) is 15.3. The van der Waals surface area contributed by atoms with Crippen LogP contribution in [0.1, 0.15) is 49.4 Å². The van der Waals surface area contributed by atoms with E-state index in [1.54, 1.807) is 33.0 Å². The summed E-state index contributed by atoms with van der Waals surface area (Å²) in [5.41, 5.74) is 2.78. The number of nitrogens with one attached hydrogen (secondary N) is 2. The molecule has 0 saturated heterocycles. The summed E-state index contributed by atoms with van der Waals surface area (Å²) >= 11 is 0. The average molecular weight is 368 g/mol. The smallest absolute Gasteiger partial charge is 0.340 e. The van der Waals surface area contributed by atoms with Crippen molar-refractivity contribution >= 4 is 28.6 Å². The second-order valence-corrected chi connectivity index (χ2v) is 6.09. The van der Waals surface area contributed by atoms with Gasteiger partial charge in [0.25, 0.3) is 0 Å². The molecule has 140 valence electrons. The van der Waals surface area contributed by atoms with Gasteiger partial charge in [-0.3, -0.25) is 4.79 Å². The van der Waals surface area contributed by atoms with Gasteiger partial charge in [0.2, 0.25) is 5.78 Å². The lowest BCUT2D eigenvalue weighted by Crippen LogP contribution is -2.15. The van der Waals surface area contributed by atoms with Crippen molar-refractivity contribution in [3.8, 4) is 0 Å². The van der Waals surface area contributed by atoms with Crippen molar-refractivity contribution in [1.29, 1.82) is 0 Å². The maximum atomic E-state index is 12.5. The third kappa shape index (κ3) is 3.48. The van der Waals surface area contributed by atoms with Gasteiger partial charge in [-0.05, 0) is 32.4 Å². The van der Waals surface area contributed by atoms with Crippen LogP contribution in [-0.2, 0) is 9.47 Å². The van der Waals surface area contributed by atoms with Crippen molar-refractivity contribution in [3.63, 3.8) is 0 Å². The van der Waals surface area contributed by atoms with E-state index < -0.39 is 24.3 Å². The second kappa shape index (κ2) is 7.49. The van der Waals surface area contributed by atoms with Gasteiger partial charge in [0.1, 0.15) is 0 Å². The van der Waals surface area contributed by atoms with Crippen molar-refractivity contribution in [2.24, 2.45) is 0 Å². The Morgan fingerprint density at radius 1 is 1.04 bits per heavy atom. The van der Waals surface area contributed by atoms with Crippen LogP contribution in [0.3, 0.4) is 0 Å². The van der Waals surface area contributed by atoms with Crippen LogP contribution >= 0.6 is 0 Å². The molecule has 7 heteroatoms. The van der Waals surface area contributed by atoms with Crippen LogP contribution < -0.4 is 0 Å². The van der Waals surface area contributed by atoms with E-state index in [1.165, 1.54) is 0 Å². The van der Waals surface area contributed by atoms with Gasteiger partial charge in [-0.25, -0.2) is 9.59 Å². The monoisotopic (exact) mass is 368 g/mol. The Labute approximate surface area is 155 Å². The predicted molar refractivity (Wildman–Crippen MR) is 99.1 cm³/mol. The molecule has 0 atom stereocenters. The zero-order chi connectivity index (χ0) is 19.6. The number of hydrogen-bond donors (Lipinski definition) is 2. The second-order valence-electron chi connectivity index (χ2n) is 6.09. The van der Waals surface area contributed by atoms with Crippen LogP contribution in [0.4, 0.5) is 0 Å². The summed E-state index contributed by atoms with van der Waals surface area (Å²) in [4.78, 5) is 42.7. The molecule has 0 radical (unpaired) electrons. The van der Waals surface area contributed by atoms with Crippen molar-refractivity contribution < 1.29 is 23.9 Å². The highest BCUT2D eigenvalue weighted by atomic mass is 16.5. The molecular formula is C20H20N2O5. The maximum absolute atomic E-state index is 12.5. The van der Waals surface area contributed by atoms with Gasteiger partial charge in [-0.2, -0.15) is 0 Å². The Kier molecular flexibility index (Phi) is 5.12. The van der Waals surface area contributed by atoms with Crippen LogP contribution in [-0.4, -0.2) is 40.9 Å².